The van der Waals surface area contributed by atoms with Crippen LogP contribution in [-0.4, -0.2) is 37.2 Å². The molecule has 0 amide bonds. The number of esters is 3. The molecule has 1 atom stereocenters. The number of allylic oxidation sites excluding steroid dienone is 20. The van der Waals surface area contributed by atoms with Crippen LogP contribution in [0.4, 0.5) is 0 Å². The number of hydrogen-bond donors (Lipinski definition) is 0. The minimum atomic E-state index is -0.800. The van der Waals surface area contributed by atoms with Crippen LogP contribution in [0.25, 0.3) is 0 Å². The first-order chi connectivity index (χ1) is 36.5. The Morgan fingerprint density at radius 3 is 0.838 bits per heavy atom. The van der Waals surface area contributed by atoms with E-state index in [0.29, 0.717) is 19.3 Å². The van der Waals surface area contributed by atoms with Gasteiger partial charge in [0.1, 0.15) is 13.2 Å². The van der Waals surface area contributed by atoms with E-state index in [1.807, 2.05) is 0 Å². The maximum Gasteiger partial charge on any atom is 0.306 e. The second-order valence-corrected chi connectivity index (χ2v) is 19.8. The van der Waals surface area contributed by atoms with E-state index >= 15 is 0 Å². The lowest BCUT2D eigenvalue weighted by Gasteiger charge is -2.18. The lowest BCUT2D eigenvalue weighted by molar-refractivity contribution is -0.167. The molecule has 0 bridgehead atoms. The van der Waals surface area contributed by atoms with Gasteiger partial charge in [0.15, 0.2) is 6.10 Å². The molecule has 0 heterocycles. The summed E-state index contributed by atoms with van der Waals surface area (Å²) >= 11 is 0. The predicted octanol–water partition coefficient (Wildman–Crippen LogP) is 20.8. The summed E-state index contributed by atoms with van der Waals surface area (Å²) in [7, 11) is 0. The number of carbonyl (C=O) groups excluding carboxylic acids is 3. The molecule has 0 N–H and O–H groups in total. The highest BCUT2D eigenvalue weighted by Crippen LogP contribution is 2.14. The van der Waals surface area contributed by atoms with Crippen molar-refractivity contribution in [3.63, 3.8) is 0 Å². The summed E-state index contributed by atoms with van der Waals surface area (Å²) in [5.41, 5.74) is 0. The van der Waals surface area contributed by atoms with E-state index < -0.39 is 6.10 Å². The average Bonchev–Trinajstić information content (AvgIpc) is 3.40. The number of unbranched alkanes of at least 4 members (excludes halogenated alkanes) is 23. The summed E-state index contributed by atoms with van der Waals surface area (Å²) in [4.78, 5) is 38.3. The Kier molecular flexibility index (Phi) is 57.9. The molecule has 1 unspecified atom stereocenters. The minimum Gasteiger partial charge on any atom is -0.462 e. The molecular formula is C68H112O6. The molecule has 0 radical (unpaired) electrons. The van der Waals surface area contributed by atoms with Gasteiger partial charge in [-0.25, -0.2) is 0 Å². The van der Waals surface area contributed by atoms with Crippen LogP contribution in [0.1, 0.15) is 271 Å². The third-order valence-corrected chi connectivity index (χ3v) is 12.7. The molecule has 0 aliphatic carbocycles. The molecule has 0 aliphatic rings. The number of rotatable bonds is 54. The lowest BCUT2D eigenvalue weighted by Crippen LogP contribution is -2.30. The van der Waals surface area contributed by atoms with Gasteiger partial charge in [-0.1, -0.05) is 245 Å². The normalized spacial score (nSPS) is 13.0. The van der Waals surface area contributed by atoms with Crippen LogP contribution in [-0.2, 0) is 28.6 Å². The van der Waals surface area contributed by atoms with E-state index in [-0.39, 0.29) is 31.1 Å². The van der Waals surface area contributed by atoms with Crippen molar-refractivity contribution >= 4 is 17.9 Å². The van der Waals surface area contributed by atoms with E-state index in [0.717, 1.165) is 161 Å². The van der Waals surface area contributed by atoms with Crippen LogP contribution in [0, 0.1) is 0 Å². The lowest BCUT2D eigenvalue weighted by atomic mass is 10.1. The standard InChI is InChI=1S/C68H112O6/c1-4-7-10-13-16-19-22-25-28-30-31-32-33-34-35-36-37-38-41-43-46-49-52-55-58-61-67(70)73-64-65(63-72-66(69)60-57-54-51-48-45-42-39-27-24-21-18-15-12-9-6-3)74-68(71)62-59-56-53-50-47-44-40-29-26-23-20-17-14-11-8-5-2/h7,9-10,12,16,18-19,21,25,27-29,31-32,34-35,37-40,65H,4-6,8,11,13-15,17,20,22-24,26,30,33,36,41-64H2,1-3H3/b10-7-,12-9-,19-16-,21-18-,28-25-,32-31-,35-34-,38-37-,39-27-,40-29-. The van der Waals surface area contributed by atoms with Crippen LogP contribution in [0.3, 0.4) is 0 Å². The number of ether oxygens (including phenoxy) is 3. The maximum atomic E-state index is 12.9. The molecule has 6 heteroatoms. The Labute approximate surface area is 456 Å². The Bertz CT molecular complexity index is 1550. The summed E-state index contributed by atoms with van der Waals surface area (Å²) in [6.07, 6.45) is 84.8. The number of hydrogen-bond acceptors (Lipinski definition) is 6. The Morgan fingerprint density at radius 1 is 0.284 bits per heavy atom. The van der Waals surface area contributed by atoms with Gasteiger partial charge in [-0.3, -0.25) is 14.4 Å². The highest BCUT2D eigenvalue weighted by atomic mass is 16.6. The molecule has 0 aromatic heterocycles. The van der Waals surface area contributed by atoms with Crippen molar-refractivity contribution in [3.05, 3.63) is 122 Å². The van der Waals surface area contributed by atoms with Crippen molar-refractivity contribution in [1.29, 1.82) is 0 Å². The predicted molar refractivity (Wildman–Crippen MR) is 320 cm³/mol. The zero-order valence-electron chi connectivity index (χ0n) is 48.1. The molecule has 0 aromatic rings. The first-order valence-electron chi connectivity index (χ1n) is 30.5. The molecule has 0 saturated heterocycles. The van der Waals surface area contributed by atoms with Crippen LogP contribution in [0.5, 0.6) is 0 Å². The first-order valence-corrected chi connectivity index (χ1v) is 30.5. The van der Waals surface area contributed by atoms with Gasteiger partial charge in [-0.05, 0) is 128 Å². The Morgan fingerprint density at radius 2 is 0.527 bits per heavy atom. The summed E-state index contributed by atoms with van der Waals surface area (Å²) in [5, 5.41) is 0. The molecule has 0 aliphatic heterocycles. The highest BCUT2D eigenvalue weighted by molar-refractivity contribution is 5.71. The quantitative estimate of drug-likeness (QED) is 0.0261. The highest BCUT2D eigenvalue weighted by Gasteiger charge is 2.19. The van der Waals surface area contributed by atoms with Gasteiger partial charge < -0.3 is 14.2 Å². The second kappa shape index (κ2) is 61.4. The molecule has 0 aromatic carbocycles. The summed E-state index contributed by atoms with van der Waals surface area (Å²) in [6, 6.07) is 0. The van der Waals surface area contributed by atoms with Crippen molar-refractivity contribution in [2.45, 2.75) is 277 Å². The molecule has 6 nitrogen and oxygen atoms in total. The van der Waals surface area contributed by atoms with Crippen molar-refractivity contribution in [1.82, 2.24) is 0 Å². The third-order valence-electron chi connectivity index (χ3n) is 12.7. The number of carbonyl (C=O) groups is 3. The van der Waals surface area contributed by atoms with Crippen LogP contribution >= 0.6 is 0 Å². The van der Waals surface area contributed by atoms with Gasteiger partial charge in [-0.15, -0.1) is 0 Å². The summed E-state index contributed by atoms with van der Waals surface area (Å²) in [6.45, 7) is 6.38. The van der Waals surface area contributed by atoms with Crippen molar-refractivity contribution in [3.8, 4) is 0 Å². The molecule has 0 spiro atoms. The Hall–Kier alpha value is -4.19. The van der Waals surface area contributed by atoms with Crippen molar-refractivity contribution in [2.24, 2.45) is 0 Å². The fraction of sp³-hybridized carbons (Fsp3) is 0.662. The van der Waals surface area contributed by atoms with Crippen LogP contribution < -0.4 is 0 Å². The third kappa shape index (κ3) is 58.7. The smallest absolute Gasteiger partial charge is 0.306 e. The van der Waals surface area contributed by atoms with Gasteiger partial charge >= 0.3 is 17.9 Å². The molecule has 420 valence electrons. The maximum absolute atomic E-state index is 12.9. The van der Waals surface area contributed by atoms with E-state index in [4.69, 9.17) is 14.2 Å². The largest absolute Gasteiger partial charge is 0.462 e. The fourth-order valence-corrected chi connectivity index (χ4v) is 8.16. The van der Waals surface area contributed by atoms with E-state index in [1.54, 1.807) is 0 Å². The van der Waals surface area contributed by atoms with E-state index in [2.05, 4.69) is 142 Å². The van der Waals surface area contributed by atoms with Crippen molar-refractivity contribution in [2.75, 3.05) is 13.2 Å². The zero-order valence-corrected chi connectivity index (χ0v) is 48.1. The molecule has 0 fully saturated rings. The summed E-state index contributed by atoms with van der Waals surface area (Å²) < 4.78 is 16.9. The van der Waals surface area contributed by atoms with E-state index in [1.165, 1.54) is 70.6 Å². The second-order valence-electron chi connectivity index (χ2n) is 19.8. The monoisotopic (exact) mass is 1020 g/mol. The minimum absolute atomic E-state index is 0.0973. The molecular weight excluding hydrogens is 913 g/mol. The molecule has 0 rings (SSSR count). The van der Waals surface area contributed by atoms with Gasteiger partial charge in [0, 0.05) is 19.3 Å². The first kappa shape index (κ1) is 69.8. The molecule has 0 saturated carbocycles. The van der Waals surface area contributed by atoms with E-state index in [9.17, 15) is 14.4 Å². The van der Waals surface area contributed by atoms with Gasteiger partial charge in [-0.2, -0.15) is 0 Å². The van der Waals surface area contributed by atoms with Gasteiger partial charge in [0.25, 0.3) is 0 Å². The molecule has 74 heavy (non-hydrogen) atoms. The zero-order chi connectivity index (χ0) is 53.6. The van der Waals surface area contributed by atoms with Crippen LogP contribution in [0.15, 0.2) is 122 Å². The SMILES string of the molecule is CC/C=C\C/C=C\C/C=C\C/C=C\C/C=C\C/C=C\CCCCCCCCC(=O)OCC(COC(=O)CCCCCCC/C=C\C/C=C\C/C=C\CC)OC(=O)CCCCCCC/C=C\CCCCCCCCC. The Balaban J connectivity index is 4.42. The van der Waals surface area contributed by atoms with Crippen molar-refractivity contribution < 1.29 is 28.6 Å². The average molecular weight is 1030 g/mol. The van der Waals surface area contributed by atoms with Gasteiger partial charge in [0.05, 0.1) is 0 Å². The van der Waals surface area contributed by atoms with Crippen LogP contribution in [0.2, 0.25) is 0 Å². The van der Waals surface area contributed by atoms with Gasteiger partial charge in [0.2, 0.25) is 0 Å². The summed E-state index contributed by atoms with van der Waals surface area (Å²) in [5.74, 6) is -0.934. The fourth-order valence-electron chi connectivity index (χ4n) is 8.16. The topological polar surface area (TPSA) is 78.9 Å².